The number of hydrogen-bond donors (Lipinski definition) is 1. The number of para-hydroxylation sites is 2. The van der Waals surface area contributed by atoms with Crippen LogP contribution in [-0.2, 0) is 32.6 Å². The number of methoxy groups -OCH3 is 1. The first-order chi connectivity index (χ1) is 20.4. The van der Waals surface area contributed by atoms with Crippen molar-refractivity contribution in [3.63, 3.8) is 0 Å². The lowest BCUT2D eigenvalue weighted by atomic mass is 10.0. The van der Waals surface area contributed by atoms with Crippen molar-refractivity contribution in [3.05, 3.63) is 94.0 Å². The highest BCUT2D eigenvalue weighted by Crippen LogP contribution is 2.30. The number of carbonyl (C=O) groups excluding carboxylic acids is 2. The highest BCUT2D eigenvalue weighted by Gasteiger charge is 2.31. The van der Waals surface area contributed by atoms with E-state index in [9.17, 15) is 18.0 Å². The molecule has 11 heteroatoms. The van der Waals surface area contributed by atoms with Gasteiger partial charge >= 0.3 is 0 Å². The van der Waals surface area contributed by atoms with Gasteiger partial charge in [0.1, 0.15) is 11.8 Å². The average Bonchev–Trinajstić information content (AvgIpc) is 2.98. The lowest BCUT2D eigenvalue weighted by molar-refractivity contribution is -0.141. The summed E-state index contributed by atoms with van der Waals surface area (Å²) in [6.07, 6.45) is 2.37. The summed E-state index contributed by atoms with van der Waals surface area (Å²) < 4.78 is 32.1. The third-order valence-corrected chi connectivity index (χ3v) is 9.03. The molecular weight excluding hydrogens is 609 g/mol. The van der Waals surface area contributed by atoms with Gasteiger partial charge in [-0.25, -0.2) is 8.42 Å². The second-order valence-electron chi connectivity index (χ2n) is 10.4. The van der Waals surface area contributed by atoms with Gasteiger partial charge in [0.2, 0.25) is 21.8 Å². The Morgan fingerprint density at radius 3 is 2.26 bits per heavy atom. The van der Waals surface area contributed by atoms with Gasteiger partial charge in [0.05, 0.1) is 29.1 Å². The van der Waals surface area contributed by atoms with E-state index in [2.05, 4.69) is 5.32 Å². The summed E-state index contributed by atoms with van der Waals surface area (Å²) in [5.41, 5.74) is 2.00. The molecule has 0 radical (unpaired) electrons. The number of nitrogens with zero attached hydrogens (tertiary/aromatic N) is 2. The second kappa shape index (κ2) is 16.0. The first-order valence-electron chi connectivity index (χ1n) is 14.1. The van der Waals surface area contributed by atoms with Crippen LogP contribution in [0.4, 0.5) is 5.69 Å². The molecule has 2 atom stereocenters. The fourth-order valence-electron chi connectivity index (χ4n) is 4.65. The highest BCUT2D eigenvalue weighted by atomic mass is 35.5. The number of halogens is 2. The van der Waals surface area contributed by atoms with Gasteiger partial charge in [0.25, 0.3) is 0 Å². The first-order valence-corrected chi connectivity index (χ1v) is 16.7. The molecule has 0 aliphatic carbocycles. The van der Waals surface area contributed by atoms with Gasteiger partial charge in [-0.15, -0.1) is 0 Å². The molecule has 0 saturated carbocycles. The van der Waals surface area contributed by atoms with Gasteiger partial charge in [0.15, 0.2) is 0 Å². The predicted octanol–water partition coefficient (Wildman–Crippen LogP) is 6.10. The number of amides is 2. The molecule has 0 aromatic heterocycles. The van der Waals surface area contributed by atoms with Crippen molar-refractivity contribution >= 4 is 50.7 Å². The monoisotopic (exact) mass is 647 g/mol. The normalized spacial score (nSPS) is 12.7. The van der Waals surface area contributed by atoms with Crippen LogP contribution in [0.1, 0.15) is 44.2 Å². The predicted molar refractivity (Wildman–Crippen MR) is 173 cm³/mol. The maximum absolute atomic E-state index is 14.0. The minimum absolute atomic E-state index is 0.00436. The maximum Gasteiger partial charge on any atom is 0.243 e. The standard InChI is InChI=1S/C32H39Cl2N3O5S/c1-5-23(2)35-32(39)29(21-24-12-7-6-8-13-24)36(22-25-17-18-26(33)27(34)20-25)31(38)16-11-19-37(43(4,40)41)28-14-9-10-15-30(28)42-3/h6-10,12-15,17-18,20,23,29H,5,11,16,19,21-22H2,1-4H3,(H,35,39)/t23-,29+/m1/s1. The third kappa shape index (κ3) is 9.88. The van der Waals surface area contributed by atoms with Crippen LogP contribution in [0, 0.1) is 0 Å². The number of carbonyl (C=O) groups is 2. The van der Waals surface area contributed by atoms with E-state index in [1.165, 1.54) is 11.4 Å². The molecule has 3 aromatic carbocycles. The van der Waals surface area contributed by atoms with Gasteiger partial charge in [-0.3, -0.25) is 13.9 Å². The average molecular weight is 649 g/mol. The molecular formula is C32H39Cl2N3O5S. The zero-order chi connectivity index (χ0) is 31.6. The Hall–Kier alpha value is -3.27. The van der Waals surface area contributed by atoms with E-state index >= 15 is 0 Å². The van der Waals surface area contributed by atoms with Crippen molar-refractivity contribution in [2.75, 3.05) is 24.2 Å². The Kier molecular flexibility index (Phi) is 12.7. The number of nitrogens with one attached hydrogen (secondary N) is 1. The van der Waals surface area contributed by atoms with Gasteiger partial charge in [-0.2, -0.15) is 0 Å². The number of ether oxygens (including phenoxy) is 1. The van der Waals surface area contributed by atoms with Crippen molar-refractivity contribution in [2.45, 2.75) is 58.2 Å². The molecule has 0 aliphatic rings. The molecule has 0 spiro atoms. The Morgan fingerprint density at radius 2 is 1.63 bits per heavy atom. The number of benzene rings is 3. The van der Waals surface area contributed by atoms with E-state index in [4.69, 9.17) is 27.9 Å². The van der Waals surface area contributed by atoms with E-state index in [0.29, 0.717) is 33.5 Å². The Labute approximate surface area is 265 Å². The van der Waals surface area contributed by atoms with Gasteiger partial charge in [-0.05, 0) is 55.2 Å². The lowest BCUT2D eigenvalue weighted by Crippen LogP contribution is -2.52. The van der Waals surface area contributed by atoms with Crippen LogP contribution in [0.15, 0.2) is 72.8 Å². The van der Waals surface area contributed by atoms with E-state index in [0.717, 1.165) is 18.2 Å². The molecule has 3 rings (SSSR count). The van der Waals surface area contributed by atoms with Crippen LogP contribution in [0.5, 0.6) is 5.75 Å². The zero-order valence-corrected chi connectivity index (χ0v) is 27.3. The molecule has 8 nitrogen and oxygen atoms in total. The van der Waals surface area contributed by atoms with Crippen LogP contribution in [-0.4, -0.2) is 57.1 Å². The molecule has 0 saturated heterocycles. The largest absolute Gasteiger partial charge is 0.495 e. The van der Waals surface area contributed by atoms with E-state index in [1.54, 1.807) is 47.4 Å². The smallest absolute Gasteiger partial charge is 0.243 e. The molecule has 0 fully saturated rings. The summed E-state index contributed by atoms with van der Waals surface area (Å²) in [6.45, 7) is 4.06. The van der Waals surface area contributed by atoms with E-state index in [-0.39, 0.29) is 43.8 Å². The van der Waals surface area contributed by atoms with Crippen molar-refractivity contribution < 1.29 is 22.7 Å². The summed E-state index contributed by atoms with van der Waals surface area (Å²) in [4.78, 5) is 29.2. The van der Waals surface area contributed by atoms with Crippen molar-refractivity contribution in [1.82, 2.24) is 10.2 Å². The topological polar surface area (TPSA) is 96.0 Å². The molecule has 0 bridgehead atoms. The number of sulfonamides is 1. The molecule has 0 aliphatic heterocycles. The van der Waals surface area contributed by atoms with Gasteiger partial charge < -0.3 is 15.0 Å². The van der Waals surface area contributed by atoms with Gasteiger partial charge in [-0.1, -0.05) is 78.7 Å². The van der Waals surface area contributed by atoms with Crippen LogP contribution in [0.25, 0.3) is 0 Å². The summed E-state index contributed by atoms with van der Waals surface area (Å²) >= 11 is 12.4. The van der Waals surface area contributed by atoms with Crippen molar-refractivity contribution in [2.24, 2.45) is 0 Å². The minimum Gasteiger partial charge on any atom is -0.495 e. The second-order valence-corrected chi connectivity index (χ2v) is 13.1. The van der Waals surface area contributed by atoms with Crippen LogP contribution < -0.4 is 14.4 Å². The van der Waals surface area contributed by atoms with E-state index < -0.39 is 16.1 Å². The Balaban J connectivity index is 1.93. The zero-order valence-electron chi connectivity index (χ0n) is 24.9. The highest BCUT2D eigenvalue weighted by molar-refractivity contribution is 7.92. The molecule has 232 valence electrons. The van der Waals surface area contributed by atoms with Crippen LogP contribution in [0.2, 0.25) is 10.0 Å². The Morgan fingerprint density at radius 1 is 0.953 bits per heavy atom. The lowest BCUT2D eigenvalue weighted by Gasteiger charge is -2.33. The molecule has 0 unspecified atom stereocenters. The fourth-order valence-corrected chi connectivity index (χ4v) is 5.94. The molecule has 3 aromatic rings. The summed E-state index contributed by atoms with van der Waals surface area (Å²) in [5, 5.41) is 3.77. The quantitative estimate of drug-likeness (QED) is 0.215. The van der Waals surface area contributed by atoms with Crippen LogP contribution in [0.3, 0.4) is 0 Å². The maximum atomic E-state index is 14.0. The number of rotatable bonds is 15. The summed E-state index contributed by atoms with van der Waals surface area (Å²) in [6, 6.07) is 20.5. The number of anilines is 1. The third-order valence-electron chi connectivity index (χ3n) is 7.12. The van der Waals surface area contributed by atoms with Crippen molar-refractivity contribution in [3.8, 4) is 5.75 Å². The summed E-state index contributed by atoms with van der Waals surface area (Å²) in [7, 11) is -2.20. The van der Waals surface area contributed by atoms with E-state index in [1.807, 2.05) is 44.2 Å². The minimum atomic E-state index is -3.68. The molecule has 43 heavy (non-hydrogen) atoms. The molecule has 2 amide bonds. The van der Waals surface area contributed by atoms with Gasteiger partial charge in [0, 0.05) is 32.0 Å². The Bertz CT molecular complexity index is 1490. The summed E-state index contributed by atoms with van der Waals surface area (Å²) in [5.74, 6) is -0.150. The fraction of sp³-hybridized carbons (Fsp3) is 0.375. The molecule has 0 heterocycles. The van der Waals surface area contributed by atoms with Crippen LogP contribution >= 0.6 is 23.2 Å². The SMILES string of the molecule is CC[C@@H](C)NC(=O)[C@H](Cc1ccccc1)N(Cc1ccc(Cl)c(Cl)c1)C(=O)CCCN(c1ccccc1OC)S(C)(=O)=O. The number of hydrogen-bond acceptors (Lipinski definition) is 5. The first kappa shape index (κ1) is 34.2. The van der Waals surface area contributed by atoms with Crippen molar-refractivity contribution in [1.29, 1.82) is 0 Å². The molecule has 1 N–H and O–H groups in total.